The van der Waals surface area contributed by atoms with E-state index in [2.05, 4.69) is 15.5 Å². The van der Waals surface area contributed by atoms with Gasteiger partial charge in [0.1, 0.15) is 17.6 Å². The van der Waals surface area contributed by atoms with Crippen molar-refractivity contribution in [3.05, 3.63) is 71.7 Å². The first kappa shape index (κ1) is 14.5. The minimum absolute atomic E-state index is 0.0687. The molecular weight excluding hydrogens is 295 g/mol. The number of para-hydroxylation sites is 1. The van der Waals surface area contributed by atoms with Gasteiger partial charge in [0.15, 0.2) is 0 Å². The number of nitriles is 1. The molecule has 0 saturated carbocycles. The molecule has 2 N–H and O–H groups in total. The maximum Gasteiger partial charge on any atom is 0.273 e. The van der Waals surface area contributed by atoms with E-state index in [-0.39, 0.29) is 28.4 Å². The van der Waals surface area contributed by atoms with Gasteiger partial charge in [0, 0.05) is 11.3 Å². The number of amides is 1. The second-order valence-electron chi connectivity index (χ2n) is 4.77. The quantitative estimate of drug-likeness (QED) is 0.778. The van der Waals surface area contributed by atoms with Crippen molar-refractivity contribution in [3.63, 3.8) is 0 Å². The Balaban J connectivity index is 1.87. The van der Waals surface area contributed by atoms with Crippen molar-refractivity contribution in [2.45, 2.75) is 0 Å². The van der Waals surface area contributed by atoms with Crippen LogP contribution in [0.4, 0.5) is 10.1 Å². The predicted molar refractivity (Wildman–Crippen MR) is 83.1 cm³/mol. The average Bonchev–Trinajstić information content (AvgIpc) is 3.06. The lowest BCUT2D eigenvalue weighted by molar-refractivity contribution is 0.102. The van der Waals surface area contributed by atoms with Crippen LogP contribution < -0.4 is 5.32 Å². The third-order valence-corrected chi connectivity index (χ3v) is 3.25. The molecule has 0 aliphatic heterocycles. The molecule has 0 atom stereocenters. The number of nitrogens with zero attached hydrogens (tertiary/aromatic N) is 2. The summed E-state index contributed by atoms with van der Waals surface area (Å²) in [5.41, 5.74) is 1.20. The zero-order valence-electron chi connectivity index (χ0n) is 11.9. The summed E-state index contributed by atoms with van der Waals surface area (Å²) in [5.74, 6) is -1.04. The number of halogens is 1. The van der Waals surface area contributed by atoms with E-state index >= 15 is 0 Å². The summed E-state index contributed by atoms with van der Waals surface area (Å²) in [7, 11) is 0. The molecule has 0 radical (unpaired) electrons. The standard InChI is InChI=1S/C17H11FN4O/c18-16-11(10-19)5-4-8-13(16)14-9-15(22-21-14)17(23)20-12-6-2-1-3-7-12/h1-9H,(H,20,23)(H,21,22). The molecule has 0 aliphatic rings. The number of nitrogens with one attached hydrogen (secondary N) is 2. The number of anilines is 1. The smallest absolute Gasteiger partial charge is 0.273 e. The molecule has 5 nitrogen and oxygen atoms in total. The van der Waals surface area contributed by atoms with Gasteiger partial charge in [-0.2, -0.15) is 10.4 Å². The van der Waals surface area contributed by atoms with Gasteiger partial charge in [-0.25, -0.2) is 4.39 Å². The molecule has 6 heteroatoms. The maximum atomic E-state index is 14.1. The largest absolute Gasteiger partial charge is 0.321 e. The highest BCUT2D eigenvalue weighted by molar-refractivity contribution is 6.03. The highest BCUT2D eigenvalue weighted by Gasteiger charge is 2.15. The second kappa shape index (κ2) is 6.12. The SMILES string of the molecule is N#Cc1cccc(-c2cc(C(=O)Nc3ccccc3)[nH]n2)c1F. The number of carbonyl (C=O) groups excluding carboxylic acids is 1. The summed E-state index contributed by atoms with van der Waals surface area (Å²) in [6, 6.07) is 16.6. The fraction of sp³-hybridized carbons (Fsp3) is 0. The van der Waals surface area contributed by atoms with Crippen LogP contribution >= 0.6 is 0 Å². The van der Waals surface area contributed by atoms with Gasteiger partial charge in [-0.05, 0) is 30.3 Å². The fourth-order valence-corrected chi connectivity index (χ4v) is 2.11. The summed E-state index contributed by atoms with van der Waals surface area (Å²) < 4.78 is 14.1. The zero-order chi connectivity index (χ0) is 16.2. The van der Waals surface area contributed by atoms with Crippen LogP contribution in [-0.2, 0) is 0 Å². The van der Waals surface area contributed by atoms with Crippen LogP contribution in [0.3, 0.4) is 0 Å². The van der Waals surface area contributed by atoms with E-state index < -0.39 is 5.82 Å². The second-order valence-corrected chi connectivity index (χ2v) is 4.77. The van der Waals surface area contributed by atoms with Crippen molar-refractivity contribution in [2.24, 2.45) is 0 Å². The molecule has 2 aromatic carbocycles. The van der Waals surface area contributed by atoms with Gasteiger partial charge in [-0.1, -0.05) is 24.3 Å². The topological polar surface area (TPSA) is 81.6 Å². The van der Waals surface area contributed by atoms with E-state index in [1.165, 1.54) is 18.2 Å². The molecule has 0 fully saturated rings. The monoisotopic (exact) mass is 306 g/mol. The molecule has 0 aliphatic carbocycles. The van der Waals surface area contributed by atoms with Crippen LogP contribution in [0.5, 0.6) is 0 Å². The minimum atomic E-state index is -0.656. The Morgan fingerprint density at radius 1 is 1.17 bits per heavy atom. The summed E-state index contributed by atoms with van der Waals surface area (Å²) >= 11 is 0. The van der Waals surface area contributed by atoms with E-state index in [1.54, 1.807) is 36.4 Å². The number of rotatable bonds is 3. The molecule has 1 amide bonds. The lowest BCUT2D eigenvalue weighted by Gasteiger charge is -2.02. The average molecular weight is 306 g/mol. The first-order chi connectivity index (χ1) is 11.2. The predicted octanol–water partition coefficient (Wildman–Crippen LogP) is 3.34. The minimum Gasteiger partial charge on any atom is -0.321 e. The third-order valence-electron chi connectivity index (χ3n) is 3.25. The van der Waals surface area contributed by atoms with Gasteiger partial charge >= 0.3 is 0 Å². The van der Waals surface area contributed by atoms with Crippen LogP contribution in [0.2, 0.25) is 0 Å². The summed E-state index contributed by atoms with van der Waals surface area (Å²) in [5, 5.41) is 18.1. The van der Waals surface area contributed by atoms with Gasteiger partial charge in [-0.15, -0.1) is 0 Å². The van der Waals surface area contributed by atoms with Gasteiger partial charge < -0.3 is 5.32 Å². The molecule has 0 spiro atoms. The van der Waals surface area contributed by atoms with Gasteiger partial charge in [0.25, 0.3) is 5.91 Å². The molecule has 0 bridgehead atoms. The van der Waals surface area contributed by atoms with Gasteiger partial charge in [0.05, 0.1) is 11.3 Å². The van der Waals surface area contributed by atoms with Crippen LogP contribution in [0.15, 0.2) is 54.6 Å². The van der Waals surface area contributed by atoms with Crippen molar-refractivity contribution in [1.82, 2.24) is 10.2 Å². The zero-order valence-corrected chi connectivity index (χ0v) is 11.9. The first-order valence-electron chi connectivity index (χ1n) is 6.80. The highest BCUT2D eigenvalue weighted by Crippen LogP contribution is 2.23. The number of aromatic nitrogens is 2. The van der Waals surface area contributed by atoms with Crippen molar-refractivity contribution in [1.29, 1.82) is 5.26 Å². The Labute approximate surface area is 131 Å². The van der Waals surface area contributed by atoms with Crippen LogP contribution in [0, 0.1) is 17.1 Å². The Hall–Kier alpha value is -3.46. The number of H-pyrrole nitrogens is 1. The Morgan fingerprint density at radius 3 is 2.70 bits per heavy atom. The van der Waals surface area contributed by atoms with Crippen LogP contribution in [0.25, 0.3) is 11.3 Å². The van der Waals surface area contributed by atoms with E-state index in [4.69, 9.17) is 5.26 Å². The highest BCUT2D eigenvalue weighted by atomic mass is 19.1. The van der Waals surface area contributed by atoms with E-state index in [1.807, 2.05) is 6.07 Å². The maximum absolute atomic E-state index is 14.1. The van der Waals surface area contributed by atoms with Gasteiger partial charge in [0.2, 0.25) is 0 Å². The fourth-order valence-electron chi connectivity index (χ4n) is 2.11. The Kier molecular flexibility index (Phi) is 3.85. The molecule has 1 heterocycles. The van der Waals surface area contributed by atoms with Crippen LogP contribution in [-0.4, -0.2) is 16.1 Å². The number of hydrogen-bond donors (Lipinski definition) is 2. The molecule has 0 unspecified atom stereocenters. The molecule has 23 heavy (non-hydrogen) atoms. The summed E-state index contributed by atoms with van der Waals surface area (Å²) in [6.45, 7) is 0. The Bertz CT molecular complexity index is 896. The first-order valence-corrected chi connectivity index (χ1v) is 6.80. The van der Waals surface area contributed by atoms with E-state index in [9.17, 15) is 9.18 Å². The van der Waals surface area contributed by atoms with E-state index in [0.717, 1.165) is 0 Å². The molecular formula is C17H11FN4O. The molecule has 0 saturated heterocycles. The molecule has 3 rings (SSSR count). The van der Waals surface area contributed by atoms with Crippen LogP contribution in [0.1, 0.15) is 16.1 Å². The van der Waals surface area contributed by atoms with Crippen molar-refractivity contribution in [3.8, 4) is 17.3 Å². The lowest BCUT2D eigenvalue weighted by Crippen LogP contribution is -2.12. The van der Waals surface area contributed by atoms with Crippen molar-refractivity contribution in [2.75, 3.05) is 5.32 Å². The van der Waals surface area contributed by atoms with Crippen molar-refractivity contribution < 1.29 is 9.18 Å². The molecule has 1 aromatic heterocycles. The summed E-state index contributed by atoms with van der Waals surface area (Å²) in [4.78, 5) is 12.1. The summed E-state index contributed by atoms with van der Waals surface area (Å²) in [6.07, 6.45) is 0. The van der Waals surface area contributed by atoms with Gasteiger partial charge in [-0.3, -0.25) is 9.89 Å². The number of carbonyl (C=O) groups is 1. The lowest BCUT2D eigenvalue weighted by atomic mass is 10.1. The Morgan fingerprint density at radius 2 is 1.96 bits per heavy atom. The number of benzene rings is 2. The molecule has 112 valence electrons. The number of hydrogen-bond acceptors (Lipinski definition) is 3. The normalized spacial score (nSPS) is 10.1. The molecule has 3 aromatic rings. The number of aromatic amines is 1. The van der Waals surface area contributed by atoms with E-state index in [0.29, 0.717) is 5.69 Å². The van der Waals surface area contributed by atoms with Crippen molar-refractivity contribution >= 4 is 11.6 Å². The third kappa shape index (κ3) is 2.94.